The fourth-order valence-corrected chi connectivity index (χ4v) is 3.85. The summed E-state index contributed by atoms with van der Waals surface area (Å²) < 4.78 is 11.6. The van der Waals surface area contributed by atoms with E-state index in [0.29, 0.717) is 6.61 Å². The van der Waals surface area contributed by atoms with E-state index in [1.165, 1.54) is 16.7 Å². The molecule has 0 spiro atoms. The van der Waals surface area contributed by atoms with Crippen LogP contribution in [-0.2, 0) is 4.74 Å². The van der Waals surface area contributed by atoms with E-state index < -0.39 is 0 Å². The number of para-hydroxylation sites is 1. The van der Waals surface area contributed by atoms with Crippen molar-refractivity contribution in [3.05, 3.63) is 138 Å². The van der Waals surface area contributed by atoms with Crippen LogP contribution in [0.25, 0.3) is 11.1 Å². The van der Waals surface area contributed by atoms with Gasteiger partial charge in [0.25, 0.3) is 0 Å². The van der Waals surface area contributed by atoms with Gasteiger partial charge in [-0.15, -0.1) is 0 Å². The van der Waals surface area contributed by atoms with E-state index in [-0.39, 0.29) is 6.10 Å². The Balaban J connectivity index is 1.78. The van der Waals surface area contributed by atoms with Crippen molar-refractivity contribution in [3.63, 3.8) is 0 Å². The minimum absolute atomic E-state index is 0.208. The summed E-state index contributed by atoms with van der Waals surface area (Å²) >= 11 is 0. The molecular formula is C29H24O2. The van der Waals surface area contributed by atoms with Crippen LogP contribution in [0.1, 0.15) is 22.3 Å². The standard InChI is InChI=1S/C29H24O2/c1-4-12-22(13-5-1)28(23-14-6-2-7-15-23)29(24-16-8-3-9-17-24)26-18-10-11-19-27(26)31-21-25-20-30-25/h1-19,25H,20-21H2. The van der Waals surface area contributed by atoms with Gasteiger partial charge in [-0.2, -0.15) is 0 Å². The molecule has 2 nitrogen and oxygen atoms in total. The highest BCUT2D eigenvalue weighted by molar-refractivity contribution is 6.05. The Labute approximate surface area is 183 Å². The van der Waals surface area contributed by atoms with Gasteiger partial charge in [-0.25, -0.2) is 0 Å². The van der Waals surface area contributed by atoms with Crippen molar-refractivity contribution < 1.29 is 9.47 Å². The quantitative estimate of drug-likeness (QED) is 0.260. The summed E-state index contributed by atoms with van der Waals surface area (Å²) in [6, 6.07) is 40.0. The van der Waals surface area contributed by atoms with Gasteiger partial charge in [0.2, 0.25) is 0 Å². The molecule has 31 heavy (non-hydrogen) atoms. The van der Waals surface area contributed by atoms with Crippen molar-refractivity contribution in [2.45, 2.75) is 6.10 Å². The Morgan fingerprint density at radius 1 is 0.613 bits per heavy atom. The van der Waals surface area contributed by atoms with Crippen molar-refractivity contribution in [3.8, 4) is 5.75 Å². The van der Waals surface area contributed by atoms with Crippen LogP contribution in [-0.4, -0.2) is 19.3 Å². The first-order chi connectivity index (χ1) is 15.4. The predicted molar refractivity (Wildman–Crippen MR) is 126 cm³/mol. The second kappa shape index (κ2) is 9.03. The molecule has 1 atom stereocenters. The molecule has 1 aliphatic heterocycles. The third-order valence-corrected chi connectivity index (χ3v) is 5.42. The number of epoxide rings is 1. The summed E-state index contributed by atoms with van der Waals surface area (Å²) in [6.45, 7) is 1.36. The molecule has 5 rings (SSSR count). The molecule has 152 valence electrons. The first-order valence-corrected chi connectivity index (χ1v) is 10.6. The first kappa shape index (κ1) is 19.3. The van der Waals surface area contributed by atoms with Gasteiger partial charge >= 0.3 is 0 Å². The van der Waals surface area contributed by atoms with Gasteiger partial charge in [0.1, 0.15) is 18.5 Å². The average Bonchev–Trinajstić information content (AvgIpc) is 3.68. The zero-order valence-corrected chi connectivity index (χ0v) is 17.3. The number of ether oxygens (including phenoxy) is 2. The lowest BCUT2D eigenvalue weighted by Gasteiger charge is -2.20. The highest BCUT2D eigenvalue weighted by Crippen LogP contribution is 2.40. The molecule has 1 saturated heterocycles. The molecule has 0 aliphatic carbocycles. The minimum atomic E-state index is 0.208. The SMILES string of the molecule is c1ccc(C(=C(c2ccccc2)c2ccccc2OCC2CO2)c2ccccc2)cc1. The highest BCUT2D eigenvalue weighted by atomic mass is 16.6. The van der Waals surface area contributed by atoms with Crippen LogP contribution in [0, 0.1) is 0 Å². The topological polar surface area (TPSA) is 21.8 Å². The van der Waals surface area contributed by atoms with Crippen molar-refractivity contribution in [1.29, 1.82) is 0 Å². The summed E-state index contributed by atoms with van der Waals surface area (Å²) in [5.74, 6) is 0.876. The predicted octanol–water partition coefficient (Wildman–Crippen LogP) is 6.47. The smallest absolute Gasteiger partial charge is 0.127 e. The summed E-state index contributed by atoms with van der Waals surface area (Å²) in [4.78, 5) is 0. The maximum atomic E-state index is 6.23. The van der Waals surface area contributed by atoms with Crippen LogP contribution in [0.4, 0.5) is 0 Å². The molecule has 0 radical (unpaired) electrons. The fourth-order valence-electron chi connectivity index (χ4n) is 3.85. The Kier molecular flexibility index (Phi) is 5.64. The number of hydrogen-bond acceptors (Lipinski definition) is 2. The summed E-state index contributed by atoms with van der Waals surface area (Å²) in [7, 11) is 0. The maximum absolute atomic E-state index is 6.23. The van der Waals surface area contributed by atoms with E-state index in [4.69, 9.17) is 9.47 Å². The molecule has 4 aromatic carbocycles. The largest absolute Gasteiger partial charge is 0.490 e. The molecule has 2 heteroatoms. The molecule has 0 bridgehead atoms. The Morgan fingerprint density at radius 2 is 1.06 bits per heavy atom. The minimum Gasteiger partial charge on any atom is -0.490 e. The van der Waals surface area contributed by atoms with Crippen LogP contribution < -0.4 is 4.74 Å². The van der Waals surface area contributed by atoms with E-state index in [1.54, 1.807) is 0 Å². The first-order valence-electron chi connectivity index (χ1n) is 10.6. The van der Waals surface area contributed by atoms with Crippen LogP contribution >= 0.6 is 0 Å². The molecule has 4 aromatic rings. The monoisotopic (exact) mass is 404 g/mol. The molecule has 1 heterocycles. The van der Waals surface area contributed by atoms with Gasteiger partial charge in [-0.3, -0.25) is 0 Å². The van der Waals surface area contributed by atoms with Gasteiger partial charge in [-0.05, 0) is 28.3 Å². The molecule has 1 unspecified atom stereocenters. The van der Waals surface area contributed by atoms with E-state index in [1.807, 2.05) is 12.1 Å². The van der Waals surface area contributed by atoms with Gasteiger partial charge in [0.05, 0.1) is 6.61 Å². The lowest BCUT2D eigenvalue weighted by atomic mass is 9.85. The second-order valence-corrected chi connectivity index (χ2v) is 7.61. The molecule has 0 aromatic heterocycles. The van der Waals surface area contributed by atoms with Gasteiger partial charge < -0.3 is 9.47 Å². The third-order valence-electron chi connectivity index (χ3n) is 5.42. The van der Waals surface area contributed by atoms with E-state index in [2.05, 4.69) is 103 Å². The Hall–Kier alpha value is -3.62. The number of rotatable bonds is 7. The zero-order chi connectivity index (χ0) is 20.9. The summed E-state index contributed by atoms with van der Waals surface area (Å²) in [6.07, 6.45) is 0.208. The van der Waals surface area contributed by atoms with Gasteiger partial charge in [0.15, 0.2) is 0 Å². The van der Waals surface area contributed by atoms with E-state index >= 15 is 0 Å². The van der Waals surface area contributed by atoms with Crippen LogP contribution in [0.3, 0.4) is 0 Å². The van der Waals surface area contributed by atoms with Crippen LogP contribution in [0.15, 0.2) is 115 Å². The van der Waals surface area contributed by atoms with Gasteiger partial charge in [-0.1, -0.05) is 109 Å². The van der Waals surface area contributed by atoms with Crippen molar-refractivity contribution in [1.82, 2.24) is 0 Å². The van der Waals surface area contributed by atoms with E-state index in [9.17, 15) is 0 Å². The van der Waals surface area contributed by atoms with Crippen LogP contribution in [0.2, 0.25) is 0 Å². The fraction of sp³-hybridized carbons (Fsp3) is 0.103. The number of benzene rings is 4. The lowest BCUT2D eigenvalue weighted by molar-refractivity contribution is 0.262. The molecule has 0 saturated carbocycles. The average molecular weight is 405 g/mol. The van der Waals surface area contributed by atoms with E-state index in [0.717, 1.165) is 29.1 Å². The molecular weight excluding hydrogens is 380 g/mol. The lowest BCUT2D eigenvalue weighted by Crippen LogP contribution is -2.06. The zero-order valence-electron chi connectivity index (χ0n) is 17.3. The van der Waals surface area contributed by atoms with Crippen LogP contribution in [0.5, 0.6) is 5.75 Å². The van der Waals surface area contributed by atoms with Gasteiger partial charge in [0, 0.05) is 11.1 Å². The summed E-state index contributed by atoms with van der Waals surface area (Å²) in [5.41, 5.74) is 6.93. The molecule has 0 amide bonds. The third kappa shape index (κ3) is 4.45. The maximum Gasteiger partial charge on any atom is 0.127 e. The normalized spacial score (nSPS) is 14.6. The second-order valence-electron chi connectivity index (χ2n) is 7.61. The highest BCUT2D eigenvalue weighted by Gasteiger charge is 2.24. The molecule has 0 N–H and O–H groups in total. The number of hydrogen-bond donors (Lipinski definition) is 0. The van der Waals surface area contributed by atoms with Crippen molar-refractivity contribution in [2.75, 3.05) is 13.2 Å². The van der Waals surface area contributed by atoms with Crippen molar-refractivity contribution >= 4 is 11.1 Å². The Morgan fingerprint density at radius 3 is 1.58 bits per heavy atom. The van der Waals surface area contributed by atoms with Crippen molar-refractivity contribution in [2.24, 2.45) is 0 Å². The molecule has 1 fully saturated rings. The summed E-state index contributed by atoms with van der Waals surface area (Å²) in [5, 5.41) is 0. The Bertz CT molecular complexity index is 1120. The molecule has 1 aliphatic rings.